The number of alkyl halides is 4. The normalized spacial score (nSPS) is 15.4. The maximum Gasteiger partial charge on any atom is 0.405 e. The summed E-state index contributed by atoms with van der Waals surface area (Å²) in [5, 5.41) is 0.738. The molecule has 0 saturated heterocycles. The standard InChI is InChI=1S/C15H14ClF3N2/c16-8-10-7-14(12-3-1-2-4-13(12)20-10)21(11-5-6-11)9-15(17,18)19/h1-4,7,11H,5-6,8-9H2. The van der Waals surface area contributed by atoms with Crippen LogP contribution in [0.2, 0.25) is 0 Å². The van der Waals surface area contributed by atoms with Gasteiger partial charge >= 0.3 is 6.18 Å². The number of halogens is 4. The monoisotopic (exact) mass is 314 g/mol. The maximum atomic E-state index is 12.9. The summed E-state index contributed by atoms with van der Waals surface area (Å²) in [6.07, 6.45) is -2.64. The van der Waals surface area contributed by atoms with Crippen molar-refractivity contribution in [2.75, 3.05) is 11.4 Å². The first-order valence-electron chi connectivity index (χ1n) is 6.76. The smallest absolute Gasteiger partial charge is 0.359 e. The highest BCUT2D eigenvalue weighted by molar-refractivity contribution is 6.17. The fourth-order valence-corrected chi connectivity index (χ4v) is 2.64. The Kier molecular flexibility index (Phi) is 3.69. The molecule has 112 valence electrons. The van der Waals surface area contributed by atoms with Gasteiger partial charge in [-0.1, -0.05) is 18.2 Å². The molecule has 0 aliphatic heterocycles. The Labute approximate surface area is 125 Å². The molecule has 0 radical (unpaired) electrons. The maximum absolute atomic E-state index is 12.9. The average Bonchev–Trinajstić information content (AvgIpc) is 3.27. The highest BCUT2D eigenvalue weighted by Crippen LogP contribution is 2.38. The van der Waals surface area contributed by atoms with Crippen molar-refractivity contribution in [3.05, 3.63) is 36.0 Å². The molecular formula is C15H14ClF3N2. The molecule has 0 spiro atoms. The lowest BCUT2D eigenvalue weighted by atomic mass is 10.1. The lowest BCUT2D eigenvalue weighted by Crippen LogP contribution is -2.36. The second-order valence-corrected chi connectivity index (χ2v) is 5.53. The third-order valence-corrected chi connectivity index (χ3v) is 3.80. The quantitative estimate of drug-likeness (QED) is 0.772. The number of fused-ring (bicyclic) bond motifs is 1. The van der Waals surface area contributed by atoms with Gasteiger partial charge < -0.3 is 4.90 Å². The van der Waals surface area contributed by atoms with E-state index >= 15 is 0 Å². The van der Waals surface area contributed by atoms with E-state index in [9.17, 15) is 13.2 Å². The van der Waals surface area contributed by atoms with Crippen molar-refractivity contribution >= 4 is 28.2 Å². The van der Waals surface area contributed by atoms with Crippen LogP contribution in [0.3, 0.4) is 0 Å². The fraction of sp³-hybridized carbons (Fsp3) is 0.400. The molecule has 0 atom stereocenters. The summed E-state index contributed by atoms with van der Waals surface area (Å²) >= 11 is 5.83. The lowest BCUT2D eigenvalue weighted by molar-refractivity contribution is -0.119. The number of aromatic nitrogens is 1. The first-order valence-corrected chi connectivity index (χ1v) is 7.29. The summed E-state index contributed by atoms with van der Waals surface area (Å²) in [4.78, 5) is 5.82. The number of rotatable bonds is 4. The Balaban J connectivity index is 2.11. The van der Waals surface area contributed by atoms with Gasteiger partial charge in [-0.15, -0.1) is 11.6 Å². The van der Waals surface area contributed by atoms with Crippen LogP contribution in [-0.4, -0.2) is 23.7 Å². The summed E-state index contributed by atoms with van der Waals surface area (Å²) in [5.74, 6) is 0.183. The van der Waals surface area contributed by atoms with Gasteiger partial charge in [0.2, 0.25) is 0 Å². The number of pyridine rings is 1. The highest BCUT2D eigenvalue weighted by atomic mass is 35.5. The highest BCUT2D eigenvalue weighted by Gasteiger charge is 2.38. The van der Waals surface area contributed by atoms with E-state index in [0.717, 1.165) is 18.2 Å². The molecular weight excluding hydrogens is 301 g/mol. The number of hydrogen-bond acceptors (Lipinski definition) is 2. The zero-order chi connectivity index (χ0) is 15.0. The molecule has 0 bridgehead atoms. The molecule has 1 aliphatic rings. The van der Waals surface area contributed by atoms with E-state index in [4.69, 9.17) is 11.6 Å². The van der Waals surface area contributed by atoms with Crippen LogP contribution in [-0.2, 0) is 5.88 Å². The molecule has 1 heterocycles. The van der Waals surface area contributed by atoms with E-state index in [1.165, 1.54) is 4.90 Å². The topological polar surface area (TPSA) is 16.1 Å². The zero-order valence-corrected chi connectivity index (χ0v) is 12.0. The van der Waals surface area contributed by atoms with Crippen molar-refractivity contribution in [3.8, 4) is 0 Å². The Morgan fingerprint density at radius 3 is 2.57 bits per heavy atom. The number of para-hydroxylation sites is 1. The van der Waals surface area contributed by atoms with Gasteiger partial charge in [0, 0.05) is 17.1 Å². The Morgan fingerprint density at radius 2 is 1.95 bits per heavy atom. The van der Waals surface area contributed by atoms with Crippen LogP contribution in [0, 0.1) is 0 Å². The van der Waals surface area contributed by atoms with Gasteiger partial charge in [-0.3, -0.25) is 4.98 Å². The molecule has 0 amide bonds. The molecule has 0 unspecified atom stereocenters. The molecule has 1 aliphatic carbocycles. The number of benzene rings is 1. The molecule has 2 nitrogen and oxygen atoms in total. The van der Waals surface area contributed by atoms with E-state index in [0.29, 0.717) is 16.9 Å². The second kappa shape index (κ2) is 5.37. The minimum Gasteiger partial charge on any atom is -0.359 e. The van der Waals surface area contributed by atoms with Gasteiger partial charge in [-0.25, -0.2) is 0 Å². The van der Waals surface area contributed by atoms with Crippen molar-refractivity contribution in [1.82, 2.24) is 4.98 Å². The van der Waals surface area contributed by atoms with Crippen LogP contribution >= 0.6 is 11.6 Å². The molecule has 6 heteroatoms. The summed E-state index contributed by atoms with van der Waals surface area (Å²) in [6, 6.07) is 8.88. The predicted octanol–water partition coefficient (Wildman–Crippen LogP) is 4.50. The van der Waals surface area contributed by atoms with Gasteiger partial charge in [0.1, 0.15) is 6.54 Å². The van der Waals surface area contributed by atoms with Gasteiger partial charge in [-0.2, -0.15) is 13.2 Å². The Hall–Kier alpha value is -1.49. The van der Waals surface area contributed by atoms with Crippen LogP contribution in [0.1, 0.15) is 18.5 Å². The van der Waals surface area contributed by atoms with Crippen molar-refractivity contribution in [2.24, 2.45) is 0 Å². The van der Waals surface area contributed by atoms with E-state index in [1.54, 1.807) is 18.2 Å². The SMILES string of the molecule is FC(F)(F)CN(c1cc(CCl)nc2ccccc12)C1CC1. The Morgan fingerprint density at radius 1 is 1.24 bits per heavy atom. The van der Waals surface area contributed by atoms with Crippen LogP contribution in [0.15, 0.2) is 30.3 Å². The largest absolute Gasteiger partial charge is 0.405 e. The fourth-order valence-electron chi connectivity index (χ4n) is 2.51. The van der Waals surface area contributed by atoms with Gasteiger partial charge in [0.25, 0.3) is 0 Å². The van der Waals surface area contributed by atoms with Gasteiger partial charge in [0.05, 0.1) is 17.1 Å². The average molecular weight is 315 g/mol. The summed E-state index contributed by atoms with van der Waals surface area (Å²) in [6.45, 7) is -0.937. The molecule has 3 rings (SSSR count). The van der Waals surface area contributed by atoms with Crippen LogP contribution < -0.4 is 4.90 Å². The van der Waals surface area contributed by atoms with E-state index in [2.05, 4.69) is 4.98 Å². The molecule has 2 aromatic rings. The van der Waals surface area contributed by atoms with Crippen LogP contribution in [0.5, 0.6) is 0 Å². The summed E-state index contributed by atoms with van der Waals surface area (Å²) < 4.78 is 38.6. The lowest BCUT2D eigenvalue weighted by Gasteiger charge is -2.27. The summed E-state index contributed by atoms with van der Waals surface area (Å²) in [7, 11) is 0. The molecule has 0 N–H and O–H groups in total. The van der Waals surface area contributed by atoms with E-state index in [-0.39, 0.29) is 11.9 Å². The van der Waals surface area contributed by atoms with Crippen LogP contribution in [0.25, 0.3) is 10.9 Å². The van der Waals surface area contributed by atoms with Crippen molar-refractivity contribution in [2.45, 2.75) is 30.9 Å². The van der Waals surface area contributed by atoms with Crippen molar-refractivity contribution in [3.63, 3.8) is 0 Å². The second-order valence-electron chi connectivity index (χ2n) is 5.26. The minimum absolute atomic E-state index is 0.0411. The predicted molar refractivity (Wildman–Crippen MR) is 77.7 cm³/mol. The zero-order valence-electron chi connectivity index (χ0n) is 11.2. The molecule has 1 aromatic heterocycles. The number of hydrogen-bond donors (Lipinski definition) is 0. The molecule has 21 heavy (non-hydrogen) atoms. The third kappa shape index (κ3) is 3.23. The molecule has 1 aromatic carbocycles. The van der Waals surface area contributed by atoms with Crippen molar-refractivity contribution < 1.29 is 13.2 Å². The van der Waals surface area contributed by atoms with Gasteiger partial charge in [-0.05, 0) is 25.0 Å². The summed E-state index contributed by atoms with van der Waals surface area (Å²) in [5.41, 5.74) is 1.85. The molecule has 1 saturated carbocycles. The molecule has 1 fully saturated rings. The third-order valence-electron chi connectivity index (χ3n) is 3.53. The first kappa shape index (κ1) is 14.4. The van der Waals surface area contributed by atoms with Crippen LogP contribution in [0.4, 0.5) is 18.9 Å². The Bertz CT molecular complexity index is 653. The van der Waals surface area contributed by atoms with Gasteiger partial charge in [0.15, 0.2) is 0 Å². The van der Waals surface area contributed by atoms with Crippen molar-refractivity contribution in [1.29, 1.82) is 0 Å². The van der Waals surface area contributed by atoms with E-state index in [1.807, 2.05) is 12.1 Å². The number of anilines is 1. The number of nitrogens with zero attached hydrogens (tertiary/aromatic N) is 2. The first-order chi connectivity index (χ1) is 9.98. The van der Waals surface area contributed by atoms with E-state index < -0.39 is 12.7 Å². The minimum atomic E-state index is -4.23.